The van der Waals surface area contributed by atoms with Crippen LogP contribution in [0.5, 0.6) is 0 Å². The lowest BCUT2D eigenvalue weighted by Crippen LogP contribution is -2.26. The first-order valence-corrected chi connectivity index (χ1v) is 4.57. The molecule has 6 nitrogen and oxygen atoms in total. The number of guanidine groups is 2. The van der Waals surface area contributed by atoms with Crippen LogP contribution >= 0.6 is 0 Å². The highest BCUT2D eigenvalue weighted by Gasteiger charge is 2.02. The maximum absolute atomic E-state index is 5.54. The lowest BCUT2D eigenvalue weighted by molar-refractivity contribution is 0.616. The van der Waals surface area contributed by atoms with Gasteiger partial charge in [-0.25, -0.2) is 4.99 Å². The van der Waals surface area contributed by atoms with Gasteiger partial charge in [-0.2, -0.15) is 4.99 Å². The van der Waals surface area contributed by atoms with Gasteiger partial charge >= 0.3 is 0 Å². The number of nitrogens with two attached hydrogens (primary N) is 3. The minimum absolute atomic E-state index is 0.00806. The molecule has 0 spiro atoms. The standard InChI is InChI=1S/C10H11N5O/c11-9(12)15-10(13)14-7-2-1-3-8-6(7)4-5-16-8/h1-5H,(H6,11,12,13,14,15). The van der Waals surface area contributed by atoms with E-state index in [1.807, 2.05) is 12.1 Å². The van der Waals surface area contributed by atoms with Gasteiger partial charge in [-0.05, 0) is 18.2 Å². The molecule has 0 fully saturated rings. The van der Waals surface area contributed by atoms with E-state index in [4.69, 9.17) is 21.6 Å². The summed E-state index contributed by atoms with van der Waals surface area (Å²) in [6, 6.07) is 7.25. The normalized spacial score (nSPS) is 11.6. The van der Waals surface area contributed by atoms with E-state index in [0.29, 0.717) is 5.69 Å². The van der Waals surface area contributed by atoms with Gasteiger partial charge in [0.05, 0.1) is 12.0 Å². The van der Waals surface area contributed by atoms with Crippen LogP contribution in [0.1, 0.15) is 0 Å². The third-order valence-electron chi connectivity index (χ3n) is 1.95. The largest absolute Gasteiger partial charge is 0.464 e. The third-order valence-corrected chi connectivity index (χ3v) is 1.95. The van der Waals surface area contributed by atoms with Gasteiger partial charge in [0.2, 0.25) is 5.96 Å². The molecule has 0 amide bonds. The predicted molar refractivity (Wildman–Crippen MR) is 63.3 cm³/mol. The number of hydrogen-bond acceptors (Lipinski definition) is 2. The molecule has 1 aromatic carbocycles. The summed E-state index contributed by atoms with van der Waals surface area (Å²) in [6.07, 6.45) is 1.58. The van der Waals surface area contributed by atoms with E-state index in [1.165, 1.54) is 0 Å². The van der Waals surface area contributed by atoms with Gasteiger partial charge in [0.25, 0.3) is 0 Å². The highest BCUT2D eigenvalue weighted by atomic mass is 16.3. The van der Waals surface area contributed by atoms with Crippen molar-refractivity contribution in [3.63, 3.8) is 0 Å². The van der Waals surface area contributed by atoms with Gasteiger partial charge in [0.15, 0.2) is 5.96 Å². The van der Waals surface area contributed by atoms with Gasteiger partial charge < -0.3 is 21.6 Å². The summed E-state index contributed by atoms with van der Waals surface area (Å²) in [6.45, 7) is 0. The zero-order chi connectivity index (χ0) is 11.5. The maximum Gasteiger partial charge on any atom is 0.223 e. The summed E-state index contributed by atoms with van der Waals surface area (Å²) >= 11 is 0. The highest BCUT2D eigenvalue weighted by molar-refractivity contribution is 5.97. The number of furan rings is 1. The Morgan fingerprint density at radius 1 is 1.12 bits per heavy atom. The topological polar surface area (TPSA) is 116 Å². The molecule has 16 heavy (non-hydrogen) atoms. The van der Waals surface area contributed by atoms with Crippen molar-refractivity contribution in [3.8, 4) is 0 Å². The van der Waals surface area contributed by atoms with Gasteiger partial charge in [0, 0.05) is 5.39 Å². The summed E-state index contributed by atoms with van der Waals surface area (Å²) in [5.74, 6) is -0.116. The van der Waals surface area contributed by atoms with Crippen LogP contribution in [0, 0.1) is 0 Å². The fourth-order valence-electron chi connectivity index (χ4n) is 1.36. The molecule has 1 aromatic heterocycles. The van der Waals surface area contributed by atoms with E-state index in [2.05, 4.69) is 9.98 Å². The summed E-state index contributed by atoms with van der Waals surface area (Å²) in [7, 11) is 0. The molecule has 82 valence electrons. The Balaban J connectivity index is 2.48. The first-order chi connectivity index (χ1) is 7.66. The molecule has 0 atom stereocenters. The number of benzene rings is 1. The Hall–Kier alpha value is -2.50. The first-order valence-electron chi connectivity index (χ1n) is 4.57. The molecule has 0 bridgehead atoms. The second kappa shape index (κ2) is 3.93. The van der Waals surface area contributed by atoms with Gasteiger partial charge in [-0.15, -0.1) is 0 Å². The first kappa shape index (κ1) is 10.0. The van der Waals surface area contributed by atoms with Crippen molar-refractivity contribution in [2.75, 3.05) is 0 Å². The van der Waals surface area contributed by atoms with Crippen LogP contribution in [0.2, 0.25) is 0 Å². The van der Waals surface area contributed by atoms with Crippen LogP contribution in [0.3, 0.4) is 0 Å². The van der Waals surface area contributed by atoms with Crippen molar-refractivity contribution >= 4 is 28.6 Å². The molecule has 2 rings (SSSR count). The van der Waals surface area contributed by atoms with E-state index >= 15 is 0 Å². The zero-order valence-corrected chi connectivity index (χ0v) is 8.42. The molecule has 0 unspecified atom stereocenters. The molecule has 6 N–H and O–H groups in total. The van der Waals surface area contributed by atoms with E-state index < -0.39 is 0 Å². The van der Waals surface area contributed by atoms with Crippen molar-refractivity contribution in [1.82, 2.24) is 0 Å². The molecule has 6 heteroatoms. The molecule has 0 saturated carbocycles. The van der Waals surface area contributed by atoms with Crippen LogP contribution in [-0.2, 0) is 0 Å². The Morgan fingerprint density at radius 3 is 2.69 bits per heavy atom. The summed E-state index contributed by atoms with van der Waals surface area (Å²) < 4.78 is 5.23. The Morgan fingerprint density at radius 2 is 1.94 bits per heavy atom. The lowest BCUT2D eigenvalue weighted by atomic mass is 10.2. The smallest absolute Gasteiger partial charge is 0.223 e. The number of fused-ring (bicyclic) bond motifs is 1. The number of hydrogen-bond donors (Lipinski definition) is 3. The fourth-order valence-corrected chi connectivity index (χ4v) is 1.36. The molecule has 0 aliphatic heterocycles. The molecular formula is C10H11N5O. The van der Waals surface area contributed by atoms with Crippen molar-refractivity contribution in [2.24, 2.45) is 27.2 Å². The van der Waals surface area contributed by atoms with E-state index in [-0.39, 0.29) is 11.9 Å². The Kier molecular flexibility index (Phi) is 2.47. The quantitative estimate of drug-likeness (QED) is 0.480. The lowest BCUT2D eigenvalue weighted by Gasteiger charge is -1.97. The van der Waals surface area contributed by atoms with Crippen molar-refractivity contribution in [1.29, 1.82) is 0 Å². The van der Waals surface area contributed by atoms with Crippen molar-refractivity contribution in [2.45, 2.75) is 0 Å². The molecule has 1 heterocycles. The average Bonchev–Trinajstić information content (AvgIpc) is 2.65. The average molecular weight is 217 g/mol. The molecular weight excluding hydrogens is 206 g/mol. The van der Waals surface area contributed by atoms with Crippen LogP contribution in [-0.4, -0.2) is 11.9 Å². The molecule has 2 aromatic rings. The molecule has 0 aliphatic carbocycles. The highest BCUT2D eigenvalue weighted by Crippen LogP contribution is 2.26. The maximum atomic E-state index is 5.54. The molecule has 0 radical (unpaired) electrons. The second-order valence-corrected chi connectivity index (χ2v) is 3.12. The summed E-state index contributed by atoms with van der Waals surface area (Å²) in [5.41, 5.74) is 17.3. The monoisotopic (exact) mass is 217 g/mol. The number of nitrogens with zero attached hydrogens (tertiary/aromatic N) is 2. The van der Waals surface area contributed by atoms with E-state index in [9.17, 15) is 0 Å². The predicted octanol–water partition coefficient (Wildman–Crippen LogP) is 0.652. The number of aliphatic imine (C=N–C) groups is 2. The molecule has 0 saturated heterocycles. The summed E-state index contributed by atoms with van der Waals surface area (Å²) in [5, 5.41) is 0.858. The van der Waals surface area contributed by atoms with Crippen LogP contribution in [0.4, 0.5) is 5.69 Å². The third kappa shape index (κ3) is 1.95. The molecule has 0 aliphatic rings. The van der Waals surface area contributed by atoms with Crippen molar-refractivity contribution in [3.05, 3.63) is 30.5 Å². The minimum Gasteiger partial charge on any atom is -0.464 e. The fraction of sp³-hybridized carbons (Fsp3) is 0. The zero-order valence-electron chi connectivity index (χ0n) is 8.42. The summed E-state index contributed by atoms with van der Waals surface area (Å²) in [4.78, 5) is 7.72. The van der Waals surface area contributed by atoms with Gasteiger partial charge in [0.1, 0.15) is 5.58 Å². The van der Waals surface area contributed by atoms with Crippen LogP contribution in [0.25, 0.3) is 11.0 Å². The Bertz CT molecular complexity index is 565. The minimum atomic E-state index is -0.124. The van der Waals surface area contributed by atoms with Crippen LogP contribution < -0.4 is 17.2 Å². The van der Waals surface area contributed by atoms with Gasteiger partial charge in [-0.1, -0.05) is 6.07 Å². The second-order valence-electron chi connectivity index (χ2n) is 3.12. The van der Waals surface area contributed by atoms with Crippen LogP contribution in [0.15, 0.2) is 44.9 Å². The number of rotatable bonds is 1. The van der Waals surface area contributed by atoms with Gasteiger partial charge in [-0.3, -0.25) is 0 Å². The van der Waals surface area contributed by atoms with Crippen molar-refractivity contribution < 1.29 is 4.42 Å². The Labute approximate surface area is 91.4 Å². The van der Waals surface area contributed by atoms with E-state index in [1.54, 1.807) is 18.4 Å². The SMILES string of the molecule is NC(N)=NC(N)=Nc1cccc2occc12. The van der Waals surface area contributed by atoms with E-state index in [0.717, 1.165) is 11.0 Å².